The molecule has 0 aliphatic carbocycles. The van der Waals surface area contributed by atoms with E-state index in [2.05, 4.69) is 5.32 Å². The Balaban J connectivity index is 2.57. The predicted octanol–water partition coefficient (Wildman–Crippen LogP) is 2.18. The van der Waals surface area contributed by atoms with Crippen LogP contribution in [-0.2, 0) is 23.1 Å². The third kappa shape index (κ3) is 5.52. The van der Waals surface area contributed by atoms with Crippen LogP contribution in [0.3, 0.4) is 0 Å². The van der Waals surface area contributed by atoms with Crippen molar-refractivity contribution in [2.45, 2.75) is 39.7 Å². The van der Waals surface area contributed by atoms with E-state index in [-0.39, 0.29) is 17.9 Å². The molecule has 1 N–H and O–H groups in total. The first-order valence-corrected chi connectivity index (χ1v) is 9.05. The number of hydrogen-bond acceptors (Lipinski definition) is 6. The molecule has 0 spiro atoms. The molecule has 0 aromatic carbocycles. The van der Waals surface area contributed by atoms with Gasteiger partial charge < -0.3 is 19.1 Å². The molecule has 0 saturated carbocycles. The van der Waals surface area contributed by atoms with Gasteiger partial charge in [0.2, 0.25) is 0 Å². The first-order chi connectivity index (χ1) is 9.54. The summed E-state index contributed by atoms with van der Waals surface area (Å²) >= 11 is 0. The van der Waals surface area contributed by atoms with Crippen molar-refractivity contribution in [1.29, 1.82) is 0 Å². The van der Waals surface area contributed by atoms with Gasteiger partial charge in [0.05, 0.1) is 26.0 Å². The average molecular weight is 309 g/mol. The zero-order valence-electron chi connectivity index (χ0n) is 12.6. The maximum atomic E-state index is 12.5. The standard InChI is InChI=1S/C13H26NO5P/c1-4-17-13(15)12-9-11(7-8-14-12)10-20(16,18-5-2)19-6-3/h11-12,14H,4-10H2,1-3H3/t11-,12+/m0/s1/i13+2. The van der Waals surface area contributed by atoms with Crippen molar-refractivity contribution < 1.29 is 23.1 Å². The summed E-state index contributed by atoms with van der Waals surface area (Å²) in [7, 11) is -3.04. The topological polar surface area (TPSA) is 73.9 Å². The minimum absolute atomic E-state index is 0.148. The Morgan fingerprint density at radius 2 is 1.85 bits per heavy atom. The summed E-state index contributed by atoms with van der Waals surface area (Å²) in [4.78, 5) is 11.7. The lowest BCUT2D eigenvalue weighted by Gasteiger charge is -2.30. The van der Waals surface area contributed by atoms with E-state index in [1.54, 1.807) is 20.8 Å². The summed E-state index contributed by atoms with van der Waals surface area (Å²) in [5, 5.41) is 3.14. The Hall–Kier alpha value is -0.420. The predicted molar refractivity (Wildman–Crippen MR) is 76.9 cm³/mol. The fraction of sp³-hybridized carbons (Fsp3) is 0.923. The van der Waals surface area contributed by atoms with E-state index >= 15 is 0 Å². The van der Waals surface area contributed by atoms with Crippen LogP contribution in [0.5, 0.6) is 0 Å². The maximum Gasteiger partial charge on any atom is 0.330 e. The lowest BCUT2D eigenvalue weighted by molar-refractivity contribution is -0.146. The van der Waals surface area contributed by atoms with Gasteiger partial charge in [0.1, 0.15) is 6.04 Å². The van der Waals surface area contributed by atoms with Crippen LogP contribution >= 0.6 is 7.60 Å². The van der Waals surface area contributed by atoms with Gasteiger partial charge >= 0.3 is 13.6 Å². The van der Waals surface area contributed by atoms with Gasteiger partial charge in [0, 0.05) is 0 Å². The second-order valence-electron chi connectivity index (χ2n) is 4.78. The number of nitrogens with one attached hydrogen (secondary N) is 1. The molecular weight excluding hydrogens is 283 g/mol. The van der Waals surface area contributed by atoms with E-state index < -0.39 is 7.60 Å². The molecular formula is C13H26NO5P. The highest BCUT2D eigenvalue weighted by Gasteiger charge is 2.34. The van der Waals surface area contributed by atoms with Gasteiger partial charge in [0.25, 0.3) is 0 Å². The van der Waals surface area contributed by atoms with Gasteiger partial charge in [-0.2, -0.15) is 0 Å². The SMILES string of the molecule is CCO[14C](=O)[C@H]1C[C@@H](CP(=O)(OCC)OCC)CCN1. The third-order valence-corrected chi connectivity index (χ3v) is 5.48. The lowest BCUT2D eigenvalue weighted by atomic mass is 9.98. The van der Waals surface area contributed by atoms with Crippen molar-refractivity contribution in [1.82, 2.24) is 5.32 Å². The van der Waals surface area contributed by atoms with Crippen LogP contribution in [0.2, 0.25) is 0 Å². The van der Waals surface area contributed by atoms with Crippen molar-refractivity contribution in [2.24, 2.45) is 5.92 Å². The second-order valence-corrected chi connectivity index (χ2v) is 6.88. The largest absolute Gasteiger partial charge is 0.465 e. The maximum absolute atomic E-state index is 12.5. The monoisotopic (exact) mass is 309 g/mol. The molecule has 0 bridgehead atoms. The van der Waals surface area contributed by atoms with Gasteiger partial charge in [-0.05, 0) is 46.1 Å². The normalized spacial score (nSPS) is 23.6. The van der Waals surface area contributed by atoms with E-state index in [1.807, 2.05) is 0 Å². The van der Waals surface area contributed by atoms with Crippen LogP contribution in [0.25, 0.3) is 0 Å². The number of carbonyl (C=O) groups excluding carboxylic acids is 1. The molecule has 0 aromatic rings. The van der Waals surface area contributed by atoms with E-state index in [0.29, 0.717) is 38.9 Å². The number of piperidine rings is 1. The molecule has 7 heteroatoms. The Kier molecular flexibility index (Phi) is 7.74. The van der Waals surface area contributed by atoms with E-state index in [9.17, 15) is 9.36 Å². The van der Waals surface area contributed by atoms with Crippen LogP contribution in [0.15, 0.2) is 0 Å². The molecule has 1 aliphatic rings. The number of carbonyl (C=O) groups is 1. The van der Waals surface area contributed by atoms with Gasteiger partial charge in [-0.3, -0.25) is 9.36 Å². The summed E-state index contributed by atoms with van der Waals surface area (Å²) in [6.07, 6.45) is 1.84. The second kappa shape index (κ2) is 8.78. The first kappa shape index (κ1) is 17.6. The van der Waals surface area contributed by atoms with Crippen molar-refractivity contribution >= 4 is 13.6 Å². The van der Waals surface area contributed by atoms with E-state index in [0.717, 1.165) is 6.42 Å². The van der Waals surface area contributed by atoms with Gasteiger partial charge in [0.15, 0.2) is 0 Å². The van der Waals surface area contributed by atoms with Crippen LogP contribution in [0.4, 0.5) is 0 Å². The molecule has 2 atom stereocenters. The summed E-state index contributed by atoms with van der Waals surface area (Å²) in [5.74, 6) is -0.0885. The number of ether oxygens (including phenoxy) is 1. The molecule has 20 heavy (non-hydrogen) atoms. The van der Waals surface area contributed by atoms with Gasteiger partial charge in [-0.15, -0.1) is 0 Å². The molecule has 0 amide bonds. The Morgan fingerprint density at radius 3 is 2.40 bits per heavy atom. The Labute approximate surface area is 121 Å². The summed E-state index contributed by atoms with van der Waals surface area (Å²) in [6.45, 7) is 7.21. The first-order valence-electron chi connectivity index (χ1n) is 7.32. The molecule has 0 radical (unpaired) electrons. The van der Waals surface area contributed by atoms with Crippen LogP contribution in [0, 0.1) is 5.92 Å². The van der Waals surface area contributed by atoms with Crippen molar-refractivity contribution in [3.05, 3.63) is 0 Å². The van der Waals surface area contributed by atoms with Crippen LogP contribution in [0.1, 0.15) is 33.6 Å². The fourth-order valence-electron chi connectivity index (χ4n) is 2.44. The molecule has 1 fully saturated rings. The highest BCUT2D eigenvalue weighted by Crippen LogP contribution is 2.50. The van der Waals surface area contributed by atoms with Crippen molar-refractivity contribution in [3.63, 3.8) is 0 Å². The number of esters is 1. The highest BCUT2D eigenvalue weighted by atomic mass is 31.2. The Morgan fingerprint density at radius 1 is 1.20 bits per heavy atom. The van der Waals surface area contributed by atoms with Gasteiger partial charge in [-0.25, -0.2) is 0 Å². The molecule has 1 saturated heterocycles. The van der Waals surface area contributed by atoms with Crippen LogP contribution in [-0.4, -0.2) is 44.5 Å². The quantitative estimate of drug-likeness (QED) is 0.547. The fourth-order valence-corrected chi connectivity index (χ4v) is 4.47. The lowest BCUT2D eigenvalue weighted by Crippen LogP contribution is -2.45. The molecule has 1 aliphatic heterocycles. The van der Waals surface area contributed by atoms with E-state index in [1.165, 1.54) is 0 Å². The summed E-state index contributed by atoms with van der Waals surface area (Å²) in [5.41, 5.74) is 0. The number of hydrogen-bond donors (Lipinski definition) is 1. The molecule has 0 aromatic heterocycles. The number of rotatable bonds is 8. The van der Waals surface area contributed by atoms with Crippen molar-refractivity contribution in [2.75, 3.05) is 32.5 Å². The van der Waals surface area contributed by atoms with Crippen LogP contribution < -0.4 is 5.32 Å². The van der Waals surface area contributed by atoms with Crippen molar-refractivity contribution in [3.8, 4) is 0 Å². The summed E-state index contributed by atoms with van der Waals surface area (Å²) < 4.78 is 28.1. The molecule has 0 unspecified atom stereocenters. The highest BCUT2D eigenvalue weighted by molar-refractivity contribution is 7.53. The minimum atomic E-state index is -3.04. The summed E-state index contributed by atoms with van der Waals surface area (Å²) in [6, 6.07) is -0.314. The molecule has 6 nitrogen and oxygen atoms in total. The Bertz CT molecular complexity index is 340. The zero-order chi connectivity index (χ0) is 15.0. The smallest absolute Gasteiger partial charge is 0.330 e. The van der Waals surface area contributed by atoms with Gasteiger partial charge in [-0.1, -0.05) is 0 Å². The minimum Gasteiger partial charge on any atom is -0.465 e. The molecule has 1 heterocycles. The molecule has 118 valence electrons. The zero-order valence-corrected chi connectivity index (χ0v) is 13.5. The van der Waals surface area contributed by atoms with E-state index in [4.69, 9.17) is 13.8 Å². The average Bonchev–Trinajstić information content (AvgIpc) is 2.39. The molecule has 1 rings (SSSR count). The third-order valence-electron chi connectivity index (χ3n) is 3.22.